The number of aromatic nitrogens is 1. The summed E-state index contributed by atoms with van der Waals surface area (Å²) in [6.45, 7) is 2.62. The first-order valence-electron chi connectivity index (χ1n) is 7.92. The van der Waals surface area contributed by atoms with Gasteiger partial charge in [-0.15, -0.1) is 35.3 Å². The van der Waals surface area contributed by atoms with Crippen LogP contribution < -0.4 is 15.4 Å². The molecule has 0 saturated carbocycles. The van der Waals surface area contributed by atoms with Gasteiger partial charge in [0.15, 0.2) is 5.96 Å². The Labute approximate surface area is 173 Å². The van der Waals surface area contributed by atoms with Gasteiger partial charge in [0, 0.05) is 31.9 Å². The summed E-state index contributed by atoms with van der Waals surface area (Å²) in [4.78, 5) is 8.59. The van der Waals surface area contributed by atoms with Crippen molar-refractivity contribution in [2.75, 3.05) is 20.2 Å². The van der Waals surface area contributed by atoms with Gasteiger partial charge in [0.05, 0.1) is 10.7 Å². The lowest BCUT2D eigenvalue weighted by molar-refractivity contribution is 0.0818. The van der Waals surface area contributed by atoms with Crippen LogP contribution in [0.2, 0.25) is 0 Å². The third-order valence-electron chi connectivity index (χ3n) is 3.30. The summed E-state index contributed by atoms with van der Waals surface area (Å²) in [6.07, 6.45) is -1.66. The molecule has 0 unspecified atom stereocenters. The van der Waals surface area contributed by atoms with E-state index in [4.69, 9.17) is 4.74 Å². The largest absolute Gasteiger partial charge is 0.488 e. The summed E-state index contributed by atoms with van der Waals surface area (Å²) >= 11 is 1.64. The number of hydrogen-bond donors (Lipinski definition) is 2. The fourth-order valence-electron chi connectivity index (χ4n) is 2.14. The van der Waals surface area contributed by atoms with Crippen LogP contribution in [0.25, 0.3) is 0 Å². The fraction of sp³-hybridized carbons (Fsp3) is 0.412. The molecular weight excluding hydrogens is 473 g/mol. The predicted molar refractivity (Wildman–Crippen MR) is 112 cm³/mol. The molecule has 1 heterocycles. The number of rotatable bonds is 8. The number of nitrogens with one attached hydrogen (secondary N) is 2. The van der Waals surface area contributed by atoms with Crippen molar-refractivity contribution < 1.29 is 13.5 Å². The van der Waals surface area contributed by atoms with Gasteiger partial charge in [-0.1, -0.05) is 12.1 Å². The van der Waals surface area contributed by atoms with Crippen molar-refractivity contribution in [1.82, 2.24) is 15.6 Å². The molecule has 2 N–H and O–H groups in total. The van der Waals surface area contributed by atoms with Crippen molar-refractivity contribution in [1.29, 1.82) is 0 Å². The zero-order valence-corrected chi connectivity index (χ0v) is 17.8. The Hall–Kier alpha value is -1.49. The van der Waals surface area contributed by atoms with Gasteiger partial charge in [0.25, 0.3) is 6.43 Å². The Morgan fingerprint density at radius 3 is 2.81 bits per heavy atom. The highest BCUT2D eigenvalue weighted by Gasteiger charge is 2.05. The van der Waals surface area contributed by atoms with Crippen molar-refractivity contribution in [3.8, 4) is 5.75 Å². The van der Waals surface area contributed by atoms with Crippen LogP contribution in [0.5, 0.6) is 5.75 Å². The predicted octanol–water partition coefficient (Wildman–Crippen LogP) is 3.62. The molecule has 0 saturated heterocycles. The van der Waals surface area contributed by atoms with Gasteiger partial charge in [-0.25, -0.2) is 13.8 Å². The van der Waals surface area contributed by atoms with E-state index in [0.717, 1.165) is 29.2 Å². The number of thiazole rings is 1. The number of alkyl halides is 2. The van der Waals surface area contributed by atoms with Crippen LogP contribution in [0.4, 0.5) is 8.78 Å². The molecule has 9 heteroatoms. The fourth-order valence-corrected chi connectivity index (χ4v) is 2.79. The molecule has 0 spiro atoms. The van der Waals surface area contributed by atoms with E-state index in [1.807, 2.05) is 13.0 Å². The van der Waals surface area contributed by atoms with Gasteiger partial charge in [-0.05, 0) is 24.6 Å². The molecule has 26 heavy (non-hydrogen) atoms. The minimum absolute atomic E-state index is 0. The summed E-state index contributed by atoms with van der Waals surface area (Å²) in [5, 5.41) is 9.53. The molecule has 5 nitrogen and oxygen atoms in total. The lowest BCUT2D eigenvalue weighted by Crippen LogP contribution is -2.37. The zero-order valence-electron chi connectivity index (χ0n) is 14.7. The second-order valence-corrected chi connectivity index (χ2v) is 6.37. The minimum Gasteiger partial charge on any atom is -0.488 e. The first-order chi connectivity index (χ1) is 12.1. The standard InChI is InChI=1S/C17H22F2N4OS.HI/c1-12-23-14(11-25-12)6-7-21-17(20-2)22-9-13-4-3-5-15(8-13)24-10-16(18)19;/h3-5,8,11,16H,6-7,9-10H2,1-2H3,(H2,20,21,22);1H. The van der Waals surface area contributed by atoms with Gasteiger partial charge in [-0.2, -0.15) is 0 Å². The summed E-state index contributed by atoms with van der Waals surface area (Å²) < 4.78 is 29.4. The summed E-state index contributed by atoms with van der Waals surface area (Å²) in [6, 6.07) is 7.07. The number of aliphatic imine (C=N–C) groups is 1. The molecular formula is C17H23F2IN4OS. The van der Waals surface area contributed by atoms with Crippen LogP contribution in [-0.4, -0.2) is 37.6 Å². The number of ether oxygens (including phenoxy) is 1. The summed E-state index contributed by atoms with van der Waals surface area (Å²) in [7, 11) is 1.70. The molecule has 2 rings (SSSR count). The second kappa shape index (κ2) is 12.0. The molecule has 1 aromatic heterocycles. The van der Waals surface area contributed by atoms with E-state index < -0.39 is 13.0 Å². The molecule has 0 radical (unpaired) electrons. The second-order valence-electron chi connectivity index (χ2n) is 5.31. The first kappa shape index (κ1) is 22.6. The third-order valence-corrected chi connectivity index (χ3v) is 4.12. The van der Waals surface area contributed by atoms with E-state index in [-0.39, 0.29) is 24.0 Å². The lowest BCUT2D eigenvalue weighted by atomic mass is 10.2. The maximum Gasteiger partial charge on any atom is 0.272 e. The first-order valence-corrected chi connectivity index (χ1v) is 8.80. The van der Waals surface area contributed by atoms with Crippen LogP contribution in [0.3, 0.4) is 0 Å². The van der Waals surface area contributed by atoms with Crippen molar-refractivity contribution in [3.05, 3.63) is 45.9 Å². The highest BCUT2D eigenvalue weighted by atomic mass is 127. The normalized spacial score (nSPS) is 11.2. The number of guanidine groups is 1. The Bertz CT molecular complexity index is 697. The maximum absolute atomic E-state index is 12.2. The van der Waals surface area contributed by atoms with Crippen LogP contribution in [-0.2, 0) is 13.0 Å². The Morgan fingerprint density at radius 1 is 1.35 bits per heavy atom. The molecule has 0 amide bonds. The summed E-state index contributed by atoms with van der Waals surface area (Å²) in [5.41, 5.74) is 1.99. The highest BCUT2D eigenvalue weighted by molar-refractivity contribution is 14.0. The monoisotopic (exact) mass is 496 g/mol. The average molecular weight is 496 g/mol. The van der Waals surface area contributed by atoms with E-state index in [1.54, 1.807) is 36.6 Å². The van der Waals surface area contributed by atoms with Crippen LogP contribution >= 0.6 is 35.3 Å². The quantitative estimate of drug-likeness (QED) is 0.333. The molecule has 2 aromatic rings. The molecule has 0 atom stereocenters. The Kier molecular flexibility index (Phi) is 10.4. The van der Waals surface area contributed by atoms with E-state index >= 15 is 0 Å². The van der Waals surface area contributed by atoms with Gasteiger partial charge < -0.3 is 15.4 Å². The average Bonchev–Trinajstić information content (AvgIpc) is 3.01. The number of nitrogens with zero attached hydrogens (tertiary/aromatic N) is 2. The minimum atomic E-state index is -2.48. The van der Waals surface area contributed by atoms with Crippen LogP contribution in [0.15, 0.2) is 34.6 Å². The Morgan fingerprint density at radius 2 is 2.15 bits per heavy atom. The number of aryl methyl sites for hydroxylation is 1. The maximum atomic E-state index is 12.2. The molecule has 0 bridgehead atoms. The van der Waals surface area contributed by atoms with Crippen molar-refractivity contribution >= 4 is 41.3 Å². The van der Waals surface area contributed by atoms with Crippen molar-refractivity contribution in [3.63, 3.8) is 0 Å². The Balaban J connectivity index is 0.00000338. The van der Waals surface area contributed by atoms with Gasteiger partial charge in [0.2, 0.25) is 0 Å². The molecule has 0 aliphatic rings. The third kappa shape index (κ3) is 8.26. The lowest BCUT2D eigenvalue weighted by Gasteiger charge is -2.12. The van der Waals surface area contributed by atoms with Gasteiger partial charge in [-0.3, -0.25) is 4.99 Å². The molecule has 0 aliphatic carbocycles. The molecule has 144 valence electrons. The highest BCUT2D eigenvalue weighted by Crippen LogP contribution is 2.14. The topological polar surface area (TPSA) is 58.5 Å². The van der Waals surface area contributed by atoms with Crippen LogP contribution in [0, 0.1) is 6.92 Å². The van der Waals surface area contributed by atoms with E-state index in [2.05, 4.69) is 26.0 Å². The van der Waals surface area contributed by atoms with Gasteiger partial charge in [0.1, 0.15) is 12.4 Å². The van der Waals surface area contributed by atoms with E-state index in [1.165, 1.54) is 0 Å². The SMILES string of the molecule is CN=C(NCCc1csc(C)n1)NCc1cccc(OCC(F)F)c1.I. The number of halogens is 3. The summed E-state index contributed by atoms with van der Waals surface area (Å²) in [5.74, 6) is 1.10. The number of benzene rings is 1. The van der Waals surface area contributed by atoms with Crippen molar-refractivity contribution in [2.45, 2.75) is 26.3 Å². The van der Waals surface area contributed by atoms with Crippen molar-refractivity contribution in [2.24, 2.45) is 4.99 Å². The van der Waals surface area contributed by atoms with E-state index in [0.29, 0.717) is 18.3 Å². The molecule has 0 fully saturated rings. The molecule has 0 aliphatic heterocycles. The van der Waals surface area contributed by atoms with Gasteiger partial charge >= 0.3 is 0 Å². The van der Waals surface area contributed by atoms with E-state index in [9.17, 15) is 8.78 Å². The molecule has 1 aromatic carbocycles. The zero-order chi connectivity index (χ0) is 18.1. The number of hydrogen-bond acceptors (Lipinski definition) is 4. The smallest absolute Gasteiger partial charge is 0.272 e. The van der Waals surface area contributed by atoms with Crippen LogP contribution in [0.1, 0.15) is 16.3 Å².